The first-order chi connectivity index (χ1) is 20.8. The van der Waals surface area contributed by atoms with E-state index < -0.39 is 29.6 Å². The van der Waals surface area contributed by atoms with Crippen molar-refractivity contribution in [2.45, 2.75) is 18.5 Å². The Hall–Kier alpha value is -5.32. The SMILES string of the molecule is COCCOc1cc(OC)cc(C(Cc2ccc(C(=N)N)cc2)c2nn(-c3cnccn3)c(=O)[nH]2)c1F.O=C(O)C(F)(F)F. The highest BCUT2D eigenvalue weighted by atomic mass is 19.4. The Morgan fingerprint density at radius 1 is 1.16 bits per heavy atom. The smallest absolute Gasteiger partial charge is 0.490 e. The molecule has 2 aromatic heterocycles. The van der Waals surface area contributed by atoms with Gasteiger partial charge < -0.3 is 25.1 Å². The normalized spacial score (nSPS) is 11.7. The Balaban J connectivity index is 0.000000676. The minimum absolute atomic E-state index is 0.0148. The number of benzene rings is 2. The number of aromatic nitrogens is 5. The first-order valence-electron chi connectivity index (χ1n) is 12.5. The summed E-state index contributed by atoms with van der Waals surface area (Å²) in [5.74, 6) is -3.39. The van der Waals surface area contributed by atoms with Crippen molar-refractivity contribution < 1.29 is 41.7 Å². The largest absolute Gasteiger partial charge is 0.497 e. The molecular formula is C27H27F4N7O6. The third kappa shape index (κ3) is 8.60. The monoisotopic (exact) mass is 621 g/mol. The van der Waals surface area contributed by atoms with Crippen LogP contribution in [0.5, 0.6) is 11.5 Å². The fourth-order valence-electron chi connectivity index (χ4n) is 3.77. The molecule has 0 aliphatic rings. The van der Waals surface area contributed by atoms with Gasteiger partial charge in [-0.25, -0.2) is 19.0 Å². The Bertz CT molecular complexity index is 1630. The standard InChI is InChI=1S/C25H26FN7O4.C2HF3O2/c1-35-9-10-37-20-13-17(36-2)12-18(22(20)26)19(11-15-3-5-16(6-4-15)23(27)28)24-31-25(34)33(32-24)21-14-29-7-8-30-21;3-2(4,5)1(6)7/h3-8,12-14,19H,9-11H2,1-2H3,(H3,27,28)(H,31,32,34);(H,6,7). The van der Waals surface area contributed by atoms with Crippen LogP contribution in [0, 0.1) is 11.2 Å². The van der Waals surface area contributed by atoms with Gasteiger partial charge in [0.2, 0.25) is 0 Å². The molecule has 0 amide bonds. The van der Waals surface area contributed by atoms with Crippen LogP contribution >= 0.6 is 0 Å². The van der Waals surface area contributed by atoms with Crippen molar-refractivity contribution in [1.82, 2.24) is 24.7 Å². The average molecular weight is 622 g/mol. The summed E-state index contributed by atoms with van der Waals surface area (Å²) in [5, 5.41) is 19.2. The molecule has 0 aliphatic carbocycles. The first-order valence-corrected chi connectivity index (χ1v) is 12.5. The van der Waals surface area contributed by atoms with Crippen molar-refractivity contribution in [1.29, 1.82) is 5.41 Å². The molecule has 234 valence electrons. The second kappa shape index (κ2) is 14.7. The van der Waals surface area contributed by atoms with E-state index >= 15 is 4.39 Å². The number of nitrogens with zero attached hydrogens (tertiary/aromatic N) is 4. The number of halogens is 4. The molecule has 0 spiro atoms. The molecule has 0 saturated heterocycles. The van der Waals surface area contributed by atoms with E-state index in [1.54, 1.807) is 30.3 Å². The number of carbonyl (C=O) groups is 1. The van der Waals surface area contributed by atoms with Crippen molar-refractivity contribution in [2.75, 3.05) is 27.4 Å². The molecule has 0 radical (unpaired) electrons. The van der Waals surface area contributed by atoms with E-state index in [0.717, 1.165) is 10.2 Å². The number of hydrogen-bond acceptors (Lipinski definition) is 9. The lowest BCUT2D eigenvalue weighted by atomic mass is 9.90. The predicted molar refractivity (Wildman–Crippen MR) is 147 cm³/mol. The van der Waals surface area contributed by atoms with Gasteiger partial charge in [0.15, 0.2) is 17.4 Å². The number of rotatable bonds is 11. The summed E-state index contributed by atoms with van der Waals surface area (Å²) in [7, 11) is 2.99. The summed E-state index contributed by atoms with van der Waals surface area (Å²) >= 11 is 0. The average Bonchev–Trinajstić information content (AvgIpc) is 3.38. The number of nitrogens with two attached hydrogens (primary N) is 1. The molecule has 4 aromatic rings. The molecule has 0 bridgehead atoms. The van der Waals surface area contributed by atoms with Gasteiger partial charge in [-0.2, -0.15) is 17.9 Å². The summed E-state index contributed by atoms with van der Waals surface area (Å²) in [5.41, 5.74) is 6.59. The lowest BCUT2D eigenvalue weighted by Crippen LogP contribution is -2.21. The van der Waals surface area contributed by atoms with E-state index in [1.165, 1.54) is 38.9 Å². The molecule has 2 aromatic carbocycles. The molecule has 0 aliphatic heterocycles. The van der Waals surface area contributed by atoms with Gasteiger partial charge in [-0.3, -0.25) is 15.4 Å². The highest BCUT2D eigenvalue weighted by molar-refractivity contribution is 5.94. The molecule has 5 N–H and O–H groups in total. The number of nitrogens with one attached hydrogen (secondary N) is 2. The lowest BCUT2D eigenvalue weighted by molar-refractivity contribution is -0.192. The molecule has 2 heterocycles. The summed E-state index contributed by atoms with van der Waals surface area (Å²) in [6.07, 6.45) is -0.509. The summed E-state index contributed by atoms with van der Waals surface area (Å²) in [4.78, 5) is 32.5. The van der Waals surface area contributed by atoms with Crippen LogP contribution in [0.4, 0.5) is 17.6 Å². The second-order valence-corrected chi connectivity index (χ2v) is 8.83. The van der Waals surface area contributed by atoms with Gasteiger partial charge in [-0.05, 0) is 18.1 Å². The van der Waals surface area contributed by atoms with Crippen molar-refractivity contribution >= 4 is 11.8 Å². The quantitative estimate of drug-likeness (QED) is 0.0838. The number of hydrogen-bond donors (Lipinski definition) is 4. The molecule has 0 saturated carbocycles. The number of carboxylic acids is 1. The zero-order chi connectivity index (χ0) is 32.4. The Morgan fingerprint density at radius 2 is 1.84 bits per heavy atom. The number of aliphatic carboxylic acids is 1. The lowest BCUT2D eigenvalue weighted by Gasteiger charge is -2.19. The highest BCUT2D eigenvalue weighted by Gasteiger charge is 2.38. The van der Waals surface area contributed by atoms with Crippen LogP contribution in [0.25, 0.3) is 5.82 Å². The Kier molecular flexibility index (Phi) is 11.1. The molecule has 1 atom stereocenters. The summed E-state index contributed by atoms with van der Waals surface area (Å²) in [6, 6.07) is 9.99. The van der Waals surface area contributed by atoms with Gasteiger partial charge in [-0.15, -0.1) is 5.10 Å². The van der Waals surface area contributed by atoms with Crippen LogP contribution in [0.15, 0.2) is 59.8 Å². The van der Waals surface area contributed by atoms with Crippen molar-refractivity contribution in [3.8, 4) is 17.3 Å². The first kappa shape index (κ1) is 33.2. The Morgan fingerprint density at radius 3 is 2.39 bits per heavy atom. The second-order valence-electron chi connectivity index (χ2n) is 8.83. The van der Waals surface area contributed by atoms with Gasteiger partial charge in [0, 0.05) is 36.7 Å². The highest BCUT2D eigenvalue weighted by Crippen LogP contribution is 2.36. The third-order valence-corrected chi connectivity index (χ3v) is 5.88. The number of methoxy groups -OCH3 is 2. The predicted octanol–water partition coefficient (Wildman–Crippen LogP) is 2.82. The minimum Gasteiger partial charge on any atom is -0.497 e. The number of aromatic amines is 1. The van der Waals surface area contributed by atoms with Crippen LogP contribution in [0.1, 0.15) is 28.4 Å². The maximum atomic E-state index is 15.8. The van der Waals surface area contributed by atoms with Gasteiger partial charge in [-0.1, -0.05) is 24.3 Å². The molecule has 0 fully saturated rings. The van der Waals surface area contributed by atoms with Crippen LogP contribution in [-0.4, -0.2) is 75.3 Å². The molecule has 44 heavy (non-hydrogen) atoms. The molecule has 1 unspecified atom stereocenters. The van der Waals surface area contributed by atoms with E-state index in [4.69, 9.17) is 35.3 Å². The maximum absolute atomic E-state index is 15.8. The number of ether oxygens (including phenoxy) is 3. The van der Waals surface area contributed by atoms with Gasteiger partial charge in [0.1, 0.15) is 24.0 Å². The zero-order valence-electron chi connectivity index (χ0n) is 23.3. The number of carboxylic acid groups (broad SMARTS) is 1. The fraction of sp³-hybridized carbons (Fsp3) is 0.259. The van der Waals surface area contributed by atoms with E-state index in [1.807, 2.05) is 0 Å². The van der Waals surface area contributed by atoms with Crippen LogP contribution in [0.3, 0.4) is 0 Å². The number of amidine groups is 1. The van der Waals surface area contributed by atoms with Crippen molar-refractivity contribution in [3.63, 3.8) is 0 Å². The minimum atomic E-state index is -5.08. The topological polar surface area (TPSA) is 191 Å². The van der Waals surface area contributed by atoms with Crippen molar-refractivity contribution in [3.05, 3.63) is 93.8 Å². The van der Waals surface area contributed by atoms with Gasteiger partial charge in [0.25, 0.3) is 0 Å². The summed E-state index contributed by atoms with van der Waals surface area (Å²) < 4.78 is 64.7. The van der Waals surface area contributed by atoms with Crippen LogP contribution < -0.4 is 20.9 Å². The number of alkyl halides is 3. The molecule has 4 rings (SSSR count). The number of nitrogen functional groups attached to an aromatic ring is 1. The Labute approximate surface area is 246 Å². The molecular weight excluding hydrogens is 594 g/mol. The van der Waals surface area contributed by atoms with E-state index in [9.17, 15) is 18.0 Å². The molecule has 17 heteroatoms. The third-order valence-electron chi connectivity index (χ3n) is 5.88. The van der Waals surface area contributed by atoms with E-state index in [0.29, 0.717) is 11.3 Å². The van der Waals surface area contributed by atoms with E-state index in [2.05, 4.69) is 20.1 Å². The maximum Gasteiger partial charge on any atom is 0.490 e. The summed E-state index contributed by atoms with van der Waals surface area (Å²) in [6.45, 7) is 0.406. The van der Waals surface area contributed by atoms with Gasteiger partial charge in [0.05, 0.1) is 25.8 Å². The van der Waals surface area contributed by atoms with Gasteiger partial charge >= 0.3 is 17.8 Å². The van der Waals surface area contributed by atoms with E-state index in [-0.39, 0.29) is 48.4 Å². The van der Waals surface area contributed by atoms with Crippen molar-refractivity contribution in [2.24, 2.45) is 5.73 Å². The zero-order valence-corrected chi connectivity index (χ0v) is 23.3. The fourth-order valence-corrected chi connectivity index (χ4v) is 3.77. The van der Waals surface area contributed by atoms with Crippen LogP contribution in [-0.2, 0) is 16.0 Å². The number of H-pyrrole nitrogens is 1. The molecule has 13 nitrogen and oxygen atoms in total. The van der Waals surface area contributed by atoms with Crippen LogP contribution in [0.2, 0.25) is 0 Å².